The number of hydrogen-bond acceptors (Lipinski definition) is 4. The van der Waals surface area contributed by atoms with E-state index < -0.39 is 15.9 Å². The van der Waals surface area contributed by atoms with Crippen LogP contribution in [0.5, 0.6) is 0 Å². The van der Waals surface area contributed by atoms with Gasteiger partial charge < -0.3 is 5.11 Å². The predicted octanol–water partition coefficient (Wildman–Crippen LogP) is 1.34. The molecule has 0 saturated carbocycles. The highest BCUT2D eigenvalue weighted by Gasteiger charge is 2.34. The van der Waals surface area contributed by atoms with Crippen LogP contribution in [0.3, 0.4) is 0 Å². The molecule has 1 aliphatic rings. The van der Waals surface area contributed by atoms with Crippen molar-refractivity contribution in [2.24, 2.45) is 5.92 Å². The van der Waals surface area contributed by atoms with Crippen LogP contribution in [-0.2, 0) is 9.84 Å². The molecule has 0 bridgehead atoms. The van der Waals surface area contributed by atoms with Crippen molar-refractivity contribution in [3.8, 4) is 5.69 Å². The molecule has 2 aromatic rings. The summed E-state index contributed by atoms with van der Waals surface area (Å²) in [5.41, 5.74) is 1.57. The Morgan fingerprint density at radius 2 is 2.05 bits per heavy atom. The Labute approximate surface area is 117 Å². The Bertz CT molecular complexity index is 694. The van der Waals surface area contributed by atoms with Crippen LogP contribution >= 0.6 is 0 Å². The minimum absolute atomic E-state index is 0.0602. The number of aliphatic hydroxyl groups is 1. The Balaban J connectivity index is 1.80. The summed E-state index contributed by atoms with van der Waals surface area (Å²) in [5.74, 6) is 0.0000938. The van der Waals surface area contributed by atoms with E-state index in [1.165, 1.54) is 0 Å². The third-order valence-corrected chi connectivity index (χ3v) is 5.47. The fourth-order valence-electron chi connectivity index (χ4n) is 2.56. The molecule has 3 rings (SSSR count). The topological polar surface area (TPSA) is 72.2 Å². The molecule has 1 aromatic carbocycles. The normalized spacial score (nSPS) is 22.8. The SMILES string of the molecule is O=S1(=O)CCC(C(O)c2cnn(-c3ccccc3)c2)C1. The lowest BCUT2D eigenvalue weighted by Crippen LogP contribution is -2.13. The van der Waals surface area contributed by atoms with Crippen LogP contribution in [0.15, 0.2) is 42.7 Å². The van der Waals surface area contributed by atoms with E-state index in [-0.39, 0.29) is 17.4 Å². The molecule has 1 aliphatic heterocycles. The molecule has 0 radical (unpaired) electrons. The summed E-state index contributed by atoms with van der Waals surface area (Å²) in [6.07, 6.45) is 3.10. The van der Waals surface area contributed by atoms with Gasteiger partial charge in [-0.3, -0.25) is 0 Å². The van der Waals surface area contributed by atoms with E-state index in [4.69, 9.17) is 0 Å². The van der Waals surface area contributed by atoms with Crippen molar-refractivity contribution in [2.45, 2.75) is 12.5 Å². The highest BCUT2D eigenvalue weighted by molar-refractivity contribution is 7.91. The lowest BCUT2D eigenvalue weighted by molar-refractivity contribution is 0.121. The molecule has 1 saturated heterocycles. The van der Waals surface area contributed by atoms with Gasteiger partial charge in [-0.25, -0.2) is 13.1 Å². The Morgan fingerprint density at radius 3 is 2.70 bits per heavy atom. The molecule has 0 amide bonds. The summed E-state index contributed by atoms with van der Waals surface area (Å²) < 4.78 is 24.6. The molecule has 2 atom stereocenters. The zero-order chi connectivity index (χ0) is 14.2. The standard InChI is InChI=1S/C14H16N2O3S/c17-14(11-6-7-20(18,19)10-11)12-8-15-16(9-12)13-4-2-1-3-5-13/h1-5,8-9,11,14,17H,6-7,10H2. The maximum Gasteiger partial charge on any atom is 0.150 e. The Kier molecular flexibility index (Phi) is 3.35. The fourth-order valence-corrected chi connectivity index (χ4v) is 4.39. The second-order valence-electron chi connectivity index (χ2n) is 5.16. The number of benzene rings is 1. The highest BCUT2D eigenvalue weighted by atomic mass is 32.2. The van der Waals surface area contributed by atoms with Crippen LogP contribution in [0.1, 0.15) is 18.1 Å². The molecule has 20 heavy (non-hydrogen) atoms. The zero-order valence-corrected chi connectivity index (χ0v) is 11.7. The van der Waals surface area contributed by atoms with Crippen LogP contribution in [0.4, 0.5) is 0 Å². The smallest absolute Gasteiger partial charge is 0.150 e. The molecule has 1 fully saturated rings. The van der Waals surface area contributed by atoms with Crippen LogP contribution in [0.25, 0.3) is 5.69 Å². The van der Waals surface area contributed by atoms with Gasteiger partial charge in [-0.15, -0.1) is 0 Å². The van der Waals surface area contributed by atoms with E-state index >= 15 is 0 Å². The predicted molar refractivity (Wildman–Crippen MR) is 75.3 cm³/mol. The average Bonchev–Trinajstić information content (AvgIpc) is 3.05. The van der Waals surface area contributed by atoms with Gasteiger partial charge in [0.15, 0.2) is 9.84 Å². The van der Waals surface area contributed by atoms with Gasteiger partial charge in [0.2, 0.25) is 0 Å². The van der Waals surface area contributed by atoms with Crippen molar-refractivity contribution in [1.29, 1.82) is 0 Å². The number of hydrogen-bond donors (Lipinski definition) is 1. The summed E-state index contributed by atoms with van der Waals surface area (Å²) >= 11 is 0. The molecule has 2 unspecified atom stereocenters. The average molecular weight is 292 g/mol. The van der Waals surface area contributed by atoms with Crippen LogP contribution < -0.4 is 0 Å². The van der Waals surface area contributed by atoms with Gasteiger partial charge in [-0.2, -0.15) is 5.10 Å². The summed E-state index contributed by atoms with van der Waals surface area (Å²) in [7, 11) is -2.98. The largest absolute Gasteiger partial charge is 0.388 e. The van der Waals surface area contributed by atoms with Gasteiger partial charge in [0.25, 0.3) is 0 Å². The van der Waals surface area contributed by atoms with Gasteiger partial charge >= 0.3 is 0 Å². The van der Waals surface area contributed by atoms with E-state index in [1.54, 1.807) is 17.1 Å². The lowest BCUT2D eigenvalue weighted by Gasteiger charge is -2.14. The number of aliphatic hydroxyl groups excluding tert-OH is 1. The summed E-state index contributed by atoms with van der Waals surface area (Å²) in [6.45, 7) is 0. The Morgan fingerprint density at radius 1 is 1.30 bits per heavy atom. The first-order chi connectivity index (χ1) is 9.55. The number of sulfone groups is 1. The molecule has 1 N–H and O–H groups in total. The van der Waals surface area contributed by atoms with Gasteiger partial charge in [0.05, 0.1) is 29.5 Å². The number of para-hydroxylation sites is 1. The Hall–Kier alpha value is -1.66. The van der Waals surface area contributed by atoms with E-state index in [2.05, 4.69) is 5.10 Å². The first-order valence-corrected chi connectivity index (χ1v) is 8.36. The third kappa shape index (κ3) is 2.62. The molecular weight excluding hydrogens is 276 g/mol. The van der Waals surface area contributed by atoms with E-state index in [0.29, 0.717) is 12.0 Å². The molecule has 2 heterocycles. The van der Waals surface area contributed by atoms with E-state index in [9.17, 15) is 13.5 Å². The molecule has 0 spiro atoms. The second kappa shape index (κ2) is 5.03. The van der Waals surface area contributed by atoms with Crippen molar-refractivity contribution in [1.82, 2.24) is 9.78 Å². The molecule has 0 aliphatic carbocycles. The van der Waals surface area contributed by atoms with Crippen molar-refractivity contribution in [2.75, 3.05) is 11.5 Å². The second-order valence-corrected chi connectivity index (χ2v) is 7.39. The van der Waals surface area contributed by atoms with Crippen LogP contribution in [0, 0.1) is 5.92 Å². The number of nitrogens with zero attached hydrogens (tertiary/aromatic N) is 2. The molecular formula is C14H16N2O3S. The third-order valence-electron chi connectivity index (χ3n) is 3.68. The minimum atomic E-state index is -2.98. The van der Waals surface area contributed by atoms with Crippen molar-refractivity contribution >= 4 is 9.84 Å². The summed E-state index contributed by atoms with van der Waals surface area (Å²) in [6, 6.07) is 9.59. The molecule has 106 valence electrons. The fraction of sp³-hybridized carbons (Fsp3) is 0.357. The van der Waals surface area contributed by atoms with E-state index in [0.717, 1.165) is 5.69 Å². The quantitative estimate of drug-likeness (QED) is 0.926. The van der Waals surface area contributed by atoms with Crippen molar-refractivity contribution in [3.05, 3.63) is 48.3 Å². The maximum absolute atomic E-state index is 11.5. The monoisotopic (exact) mass is 292 g/mol. The maximum atomic E-state index is 11.5. The lowest BCUT2D eigenvalue weighted by atomic mass is 9.98. The first-order valence-electron chi connectivity index (χ1n) is 6.54. The zero-order valence-electron chi connectivity index (χ0n) is 10.9. The van der Waals surface area contributed by atoms with Crippen molar-refractivity contribution < 1.29 is 13.5 Å². The van der Waals surface area contributed by atoms with Gasteiger partial charge in [-0.1, -0.05) is 18.2 Å². The van der Waals surface area contributed by atoms with Gasteiger partial charge in [0, 0.05) is 17.7 Å². The van der Waals surface area contributed by atoms with Crippen LogP contribution in [0.2, 0.25) is 0 Å². The van der Waals surface area contributed by atoms with Gasteiger partial charge in [0.1, 0.15) is 0 Å². The van der Waals surface area contributed by atoms with Gasteiger partial charge in [-0.05, 0) is 18.6 Å². The minimum Gasteiger partial charge on any atom is -0.388 e. The van der Waals surface area contributed by atoms with Crippen LogP contribution in [-0.4, -0.2) is 34.8 Å². The van der Waals surface area contributed by atoms with E-state index in [1.807, 2.05) is 30.3 Å². The molecule has 1 aromatic heterocycles. The first kappa shape index (κ1) is 13.3. The molecule has 6 heteroatoms. The summed E-state index contributed by atoms with van der Waals surface area (Å²) in [5, 5.41) is 14.5. The summed E-state index contributed by atoms with van der Waals surface area (Å²) in [4.78, 5) is 0. The van der Waals surface area contributed by atoms with Crippen molar-refractivity contribution in [3.63, 3.8) is 0 Å². The highest BCUT2D eigenvalue weighted by Crippen LogP contribution is 2.31. The molecule has 5 nitrogen and oxygen atoms in total. The number of rotatable bonds is 3. The number of aromatic nitrogens is 2.